The summed E-state index contributed by atoms with van der Waals surface area (Å²) in [6, 6.07) is 0. The van der Waals surface area contributed by atoms with Gasteiger partial charge < -0.3 is 0 Å². The molecule has 0 fully saturated rings. The molecule has 0 unspecified atom stereocenters. The molecule has 0 saturated heterocycles. The van der Waals surface area contributed by atoms with Crippen LogP contribution in [0.2, 0.25) is 0 Å². The molecule has 54 valence electrons. The predicted octanol–water partition coefficient (Wildman–Crippen LogP) is 2.38. The SMILES string of the molecule is C=C/C=C\C(/C=C/C)=NC. The molecule has 10 heavy (non-hydrogen) atoms. The molecular formula is C9H13N. The van der Waals surface area contributed by atoms with Crippen LogP contribution in [-0.2, 0) is 0 Å². The van der Waals surface area contributed by atoms with Crippen LogP contribution in [-0.4, -0.2) is 12.8 Å². The van der Waals surface area contributed by atoms with E-state index in [0.29, 0.717) is 0 Å². The van der Waals surface area contributed by atoms with Crippen LogP contribution >= 0.6 is 0 Å². The van der Waals surface area contributed by atoms with E-state index in [9.17, 15) is 0 Å². The van der Waals surface area contributed by atoms with Gasteiger partial charge in [-0.1, -0.05) is 24.8 Å². The van der Waals surface area contributed by atoms with Gasteiger partial charge in [-0.2, -0.15) is 0 Å². The zero-order valence-corrected chi connectivity index (χ0v) is 6.54. The van der Waals surface area contributed by atoms with Gasteiger partial charge in [0, 0.05) is 7.05 Å². The van der Waals surface area contributed by atoms with E-state index in [-0.39, 0.29) is 0 Å². The van der Waals surface area contributed by atoms with Gasteiger partial charge in [-0.15, -0.1) is 0 Å². The van der Waals surface area contributed by atoms with Gasteiger partial charge in [0.25, 0.3) is 0 Å². The molecule has 0 heterocycles. The second-order valence-corrected chi connectivity index (χ2v) is 1.74. The minimum absolute atomic E-state index is 0.961. The lowest BCUT2D eigenvalue weighted by molar-refractivity contribution is 1.45. The van der Waals surface area contributed by atoms with Gasteiger partial charge >= 0.3 is 0 Å². The maximum atomic E-state index is 4.01. The van der Waals surface area contributed by atoms with Crippen molar-refractivity contribution in [1.82, 2.24) is 0 Å². The van der Waals surface area contributed by atoms with Gasteiger partial charge in [-0.25, -0.2) is 0 Å². The second kappa shape index (κ2) is 6.02. The summed E-state index contributed by atoms with van der Waals surface area (Å²) in [4.78, 5) is 4.01. The van der Waals surface area contributed by atoms with Crippen LogP contribution in [0.5, 0.6) is 0 Å². The van der Waals surface area contributed by atoms with Crippen LogP contribution in [0.3, 0.4) is 0 Å². The van der Waals surface area contributed by atoms with Gasteiger partial charge in [-0.05, 0) is 19.1 Å². The third kappa shape index (κ3) is 3.84. The van der Waals surface area contributed by atoms with Gasteiger partial charge in [0.05, 0.1) is 5.71 Å². The van der Waals surface area contributed by atoms with E-state index in [1.165, 1.54) is 0 Å². The molecule has 0 aliphatic heterocycles. The molecule has 0 rings (SSSR count). The fourth-order valence-corrected chi connectivity index (χ4v) is 0.542. The van der Waals surface area contributed by atoms with Crippen molar-refractivity contribution in [3.63, 3.8) is 0 Å². The molecule has 0 spiro atoms. The Morgan fingerprint density at radius 1 is 1.40 bits per heavy atom. The van der Waals surface area contributed by atoms with Crippen molar-refractivity contribution < 1.29 is 0 Å². The van der Waals surface area contributed by atoms with E-state index in [2.05, 4.69) is 11.6 Å². The van der Waals surface area contributed by atoms with Crippen LogP contribution < -0.4 is 0 Å². The lowest BCUT2D eigenvalue weighted by atomic mass is 10.3. The summed E-state index contributed by atoms with van der Waals surface area (Å²) in [5.74, 6) is 0. The van der Waals surface area contributed by atoms with E-state index >= 15 is 0 Å². The van der Waals surface area contributed by atoms with Crippen LogP contribution in [0.25, 0.3) is 0 Å². The quantitative estimate of drug-likeness (QED) is 0.416. The first kappa shape index (κ1) is 8.89. The lowest BCUT2D eigenvalue weighted by Crippen LogP contribution is -1.84. The highest BCUT2D eigenvalue weighted by Crippen LogP contribution is 1.84. The third-order valence-corrected chi connectivity index (χ3v) is 0.999. The molecule has 0 aliphatic rings. The molecule has 0 aromatic carbocycles. The summed E-state index contributed by atoms with van der Waals surface area (Å²) < 4.78 is 0. The Bertz CT molecular complexity index is 173. The zero-order valence-electron chi connectivity index (χ0n) is 6.54. The van der Waals surface area contributed by atoms with Crippen molar-refractivity contribution in [2.45, 2.75) is 6.92 Å². The Labute approximate surface area is 62.5 Å². The Morgan fingerprint density at radius 2 is 2.10 bits per heavy atom. The van der Waals surface area contributed by atoms with Crippen molar-refractivity contribution in [1.29, 1.82) is 0 Å². The molecule has 0 radical (unpaired) electrons. The largest absolute Gasteiger partial charge is 0.289 e. The number of hydrogen-bond donors (Lipinski definition) is 0. The number of rotatable bonds is 3. The van der Waals surface area contributed by atoms with Crippen LogP contribution in [0.4, 0.5) is 0 Å². The van der Waals surface area contributed by atoms with Crippen LogP contribution in [0.15, 0.2) is 42.0 Å². The summed E-state index contributed by atoms with van der Waals surface area (Å²) in [5, 5.41) is 0. The van der Waals surface area contributed by atoms with Crippen molar-refractivity contribution in [3.8, 4) is 0 Å². The molecule has 0 amide bonds. The van der Waals surface area contributed by atoms with Crippen LogP contribution in [0.1, 0.15) is 6.92 Å². The number of nitrogens with zero attached hydrogens (tertiary/aromatic N) is 1. The topological polar surface area (TPSA) is 12.4 Å². The molecule has 0 bridgehead atoms. The molecule has 0 aromatic rings. The molecular weight excluding hydrogens is 122 g/mol. The first-order chi connectivity index (χ1) is 4.85. The summed E-state index contributed by atoms with van der Waals surface area (Å²) in [5.41, 5.74) is 0.961. The Kier molecular flexibility index (Phi) is 5.35. The highest BCUT2D eigenvalue weighted by Gasteiger charge is 1.79. The first-order valence-electron chi connectivity index (χ1n) is 3.23. The van der Waals surface area contributed by atoms with Crippen molar-refractivity contribution in [2.75, 3.05) is 7.05 Å². The van der Waals surface area contributed by atoms with Gasteiger partial charge in [0.2, 0.25) is 0 Å². The van der Waals surface area contributed by atoms with E-state index in [4.69, 9.17) is 0 Å². The fraction of sp³-hybridized carbons (Fsp3) is 0.222. The predicted molar refractivity (Wildman–Crippen MR) is 47.5 cm³/mol. The van der Waals surface area contributed by atoms with Crippen molar-refractivity contribution in [2.24, 2.45) is 4.99 Å². The summed E-state index contributed by atoms with van der Waals surface area (Å²) in [7, 11) is 1.77. The van der Waals surface area contributed by atoms with E-state index < -0.39 is 0 Å². The summed E-state index contributed by atoms with van der Waals surface area (Å²) >= 11 is 0. The minimum Gasteiger partial charge on any atom is -0.289 e. The molecule has 0 aliphatic carbocycles. The average molecular weight is 135 g/mol. The van der Waals surface area contributed by atoms with Gasteiger partial charge in [-0.3, -0.25) is 4.99 Å². The summed E-state index contributed by atoms with van der Waals surface area (Å²) in [6.07, 6.45) is 9.40. The van der Waals surface area contributed by atoms with Gasteiger partial charge in [0.15, 0.2) is 0 Å². The lowest BCUT2D eigenvalue weighted by Gasteiger charge is -1.86. The number of allylic oxidation sites excluding steroid dienone is 5. The molecule has 1 heteroatoms. The fourth-order valence-electron chi connectivity index (χ4n) is 0.542. The third-order valence-electron chi connectivity index (χ3n) is 0.999. The molecule has 0 atom stereocenters. The van der Waals surface area contributed by atoms with Crippen molar-refractivity contribution >= 4 is 5.71 Å². The highest BCUT2D eigenvalue weighted by atomic mass is 14.7. The number of hydrogen-bond acceptors (Lipinski definition) is 1. The standard InChI is InChI=1S/C9H13N/c1-4-6-8-9(10-3)7-5-2/h4-8H,1H2,2-3H3/b7-5+,8-6-,10-9?. The normalized spacial score (nSPS) is 13.2. The Morgan fingerprint density at radius 3 is 2.50 bits per heavy atom. The maximum absolute atomic E-state index is 4.01. The number of aliphatic imine (C=N–C) groups is 1. The first-order valence-corrected chi connectivity index (χ1v) is 3.23. The van der Waals surface area contributed by atoms with E-state index in [1.807, 2.05) is 31.2 Å². The monoisotopic (exact) mass is 135 g/mol. The average Bonchev–Trinajstić information content (AvgIpc) is 1.98. The molecule has 0 N–H and O–H groups in total. The van der Waals surface area contributed by atoms with E-state index in [1.54, 1.807) is 13.1 Å². The highest BCUT2D eigenvalue weighted by molar-refractivity contribution is 6.03. The van der Waals surface area contributed by atoms with Crippen LogP contribution in [0, 0.1) is 0 Å². The van der Waals surface area contributed by atoms with Gasteiger partial charge in [0.1, 0.15) is 0 Å². The smallest absolute Gasteiger partial charge is 0.0567 e. The summed E-state index contributed by atoms with van der Waals surface area (Å²) in [6.45, 7) is 5.53. The Hall–Kier alpha value is -1.11. The zero-order chi connectivity index (χ0) is 7.82. The second-order valence-electron chi connectivity index (χ2n) is 1.74. The molecule has 1 nitrogen and oxygen atoms in total. The Balaban J connectivity index is 4.10. The van der Waals surface area contributed by atoms with E-state index in [0.717, 1.165) is 5.71 Å². The molecule has 0 aromatic heterocycles. The van der Waals surface area contributed by atoms with Crippen molar-refractivity contribution in [3.05, 3.63) is 37.0 Å². The maximum Gasteiger partial charge on any atom is 0.0567 e. The molecule has 0 saturated carbocycles. The minimum atomic E-state index is 0.961.